The van der Waals surface area contributed by atoms with Gasteiger partial charge < -0.3 is 20.9 Å². The molecular formula is C22H22FN3O4. The number of benzene rings is 2. The van der Waals surface area contributed by atoms with Gasteiger partial charge >= 0.3 is 5.97 Å². The van der Waals surface area contributed by atoms with Gasteiger partial charge in [0.1, 0.15) is 23.7 Å². The molecule has 1 heterocycles. The smallest absolute Gasteiger partial charge is 0.339 e. The van der Waals surface area contributed by atoms with Crippen molar-refractivity contribution in [1.29, 1.82) is 0 Å². The predicted molar refractivity (Wildman–Crippen MR) is 111 cm³/mol. The van der Waals surface area contributed by atoms with Crippen molar-refractivity contribution in [3.8, 4) is 5.75 Å². The standard InChI is InChI=1S/C22H22FN3O4/c1-12-17(21(28)29)19(24)18-15(25-12)9-6-10-16(18)30-11-22(2,3)26-20(27)13-7-4-5-8-14(13)23/h4-10H,11H2,1-3H3,(H2,24,25)(H,26,27)(H,28,29). The Morgan fingerprint density at radius 1 is 1.20 bits per heavy atom. The fraction of sp³-hybridized carbons (Fsp3) is 0.227. The van der Waals surface area contributed by atoms with Gasteiger partial charge in [0.2, 0.25) is 0 Å². The molecule has 4 N–H and O–H groups in total. The molecule has 0 spiro atoms. The average Bonchev–Trinajstić information content (AvgIpc) is 2.65. The highest BCUT2D eigenvalue weighted by molar-refractivity contribution is 6.06. The van der Waals surface area contributed by atoms with Crippen LogP contribution in [0.2, 0.25) is 0 Å². The highest BCUT2D eigenvalue weighted by atomic mass is 19.1. The number of aromatic nitrogens is 1. The van der Waals surface area contributed by atoms with E-state index in [1.165, 1.54) is 18.2 Å². The van der Waals surface area contributed by atoms with Crippen molar-refractivity contribution < 1.29 is 23.8 Å². The molecule has 8 heteroatoms. The zero-order valence-electron chi connectivity index (χ0n) is 16.8. The van der Waals surface area contributed by atoms with E-state index in [0.29, 0.717) is 22.3 Å². The number of fused-ring (bicyclic) bond motifs is 1. The lowest BCUT2D eigenvalue weighted by atomic mass is 10.0. The monoisotopic (exact) mass is 411 g/mol. The van der Waals surface area contributed by atoms with E-state index in [2.05, 4.69) is 10.3 Å². The topological polar surface area (TPSA) is 115 Å². The summed E-state index contributed by atoms with van der Waals surface area (Å²) < 4.78 is 19.7. The van der Waals surface area contributed by atoms with E-state index in [-0.39, 0.29) is 23.4 Å². The Morgan fingerprint density at radius 2 is 1.90 bits per heavy atom. The molecule has 0 fully saturated rings. The number of pyridine rings is 1. The first kappa shape index (κ1) is 21.0. The molecule has 156 valence electrons. The second kappa shape index (κ2) is 7.98. The number of carbonyl (C=O) groups is 2. The zero-order chi connectivity index (χ0) is 22.1. The Hall–Kier alpha value is -3.68. The molecule has 7 nitrogen and oxygen atoms in total. The number of nitrogens with zero attached hydrogens (tertiary/aromatic N) is 1. The van der Waals surface area contributed by atoms with Gasteiger partial charge in [0.05, 0.1) is 33.4 Å². The van der Waals surface area contributed by atoms with Crippen LogP contribution in [0, 0.1) is 12.7 Å². The number of hydrogen-bond acceptors (Lipinski definition) is 5. The molecule has 3 rings (SSSR count). The van der Waals surface area contributed by atoms with E-state index in [1.54, 1.807) is 45.0 Å². The van der Waals surface area contributed by atoms with Crippen LogP contribution in [-0.2, 0) is 0 Å². The van der Waals surface area contributed by atoms with Crippen molar-refractivity contribution in [2.24, 2.45) is 0 Å². The third kappa shape index (κ3) is 4.17. The van der Waals surface area contributed by atoms with E-state index in [4.69, 9.17) is 10.5 Å². The third-order valence-electron chi connectivity index (χ3n) is 4.57. The van der Waals surface area contributed by atoms with E-state index in [1.807, 2.05) is 0 Å². The van der Waals surface area contributed by atoms with Gasteiger partial charge in [-0.15, -0.1) is 0 Å². The number of nitrogen functional groups attached to an aromatic ring is 1. The Morgan fingerprint density at radius 3 is 2.57 bits per heavy atom. The highest BCUT2D eigenvalue weighted by Gasteiger charge is 2.25. The van der Waals surface area contributed by atoms with Crippen LogP contribution in [0.25, 0.3) is 10.9 Å². The van der Waals surface area contributed by atoms with Crippen LogP contribution in [0.1, 0.15) is 40.3 Å². The van der Waals surface area contributed by atoms with E-state index >= 15 is 0 Å². The first-order valence-electron chi connectivity index (χ1n) is 9.22. The van der Waals surface area contributed by atoms with Crippen molar-refractivity contribution in [1.82, 2.24) is 10.3 Å². The second-order valence-corrected chi connectivity index (χ2v) is 7.55. The quantitative estimate of drug-likeness (QED) is 0.571. The third-order valence-corrected chi connectivity index (χ3v) is 4.57. The molecule has 30 heavy (non-hydrogen) atoms. The summed E-state index contributed by atoms with van der Waals surface area (Å²) in [4.78, 5) is 28.3. The van der Waals surface area contributed by atoms with Crippen molar-refractivity contribution in [2.75, 3.05) is 12.3 Å². The van der Waals surface area contributed by atoms with Crippen LogP contribution in [-0.4, -0.2) is 34.1 Å². The van der Waals surface area contributed by atoms with Gasteiger partial charge in [-0.05, 0) is 45.0 Å². The summed E-state index contributed by atoms with van der Waals surface area (Å²) in [6.07, 6.45) is 0. The van der Waals surface area contributed by atoms with Crippen LogP contribution < -0.4 is 15.8 Å². The minimum atomic E-state index is -1.17. The Balaban J connectivity index is 1.86. The van der Waals surface area contributed by atoms with Gasteiger partial charge in [0, 0.05) is 0 Å². The molecule has 0 aliphatic heterocycles. The van der Waals surface area contributed by atoms with Gasteiger partial charge in [0.25, 0.3) is 5.91 Å². The van der Waals surface area contributed by atoms with E-state index in [0.717, 1.165) is 0 Å². The highest BCUT2D eigenvalue weighted by Crippen LogP contribution is 2.33. The average molecular weight is 411 g/mol. The molecule has 0 radical (unpaired) electrons. The van der Waals surface area contributed by atoms with Crippen LogP contribution in [0.5, 0.6) is 5.75 Å². The maximum atomic E-state index is 13.9. The summed E-state index contributed by atoms with van der Waals surface area (Å²) >= 11 is 0. The lowest BCUT2D eigenvalue weighted by molar-refractivity contribution is 0.0696. The van der Waals surface area contributed by atoms with Crippen LogP contribution in [0.4, 0.5) is 10.1 Å². The number of nitrogens with one attached hydrogen (secondary N) is 1. The van der Waals surface area contributed by atoms with Gasteiger partial charge in [-0.1, -0.05) is 18.2 Å². The molecule has 1 aromatic heterocycles. The molecule has 0 bridgehead atoms. The van der Waals surface area contributed by atoms with Crippen molar-refractivity contribution in [3.63, 3.8) is 0 Å². The number of hydrogen-bond donors (Lipinski definition) is 3. The summed E-state index contributed by atoms with van der Waals surface area (Å²) in [5.74, 6) is -2.01. The van der Waals surface area contributed by atoms with Gasteiger partial charge in [-0.2, -0.15) is 0 Å². The lowest BCUT2D eigenvalue weighted by Crippen LogP contribution is -2.48. The molecule has 0 saturated heterocycles. The first-order chi connectivity index (χ1) is 14.1. The fourth-order valence-corrected chi connectivity index (χ4v) is 3.14. The van der Waals surface area contributed by atoms with Crippen molar-refractivity contribution in [2.45, 2.75) is 26.3 Å². The second-order valence-electron chi connectivity index (χ2n) is 7.55. The van der Waals surface area contributed by atoms with Crippen LogP contribution >= 0.6 is 0 Å². The van der Waals surface area contributed by atoms with Crippen molar-refractivity contribution >= 4 is 28.5 Å². The molecular weight excluding hydrogens is 389 g/mol. The first-order valence-corrected chi connectivity index (χ1v) is 9.22. The maximum Gasteiger partial charge on any atom is 0.339 e. The lowest BCUT2D eigenvalue weighted by Gasteiger charge is -2.27. The minimum absolute atomic E-state index is 0.0298. The number of amides is 1. The van der Waals surface area contributed by atoms with Crippen LogP contribution in [0.15, 0.2) is 42.5 Å². The van der Waals surface area contributed by atoms with Crippen LogP contribution in [0.3, 0.4) is 0 Å². The van der Waals surface area contributed by atoms with Gasteiger partial charge in [0.15, 0.2) is 0 Å². The molecule has 2 aromatic carbocycles. The van der Waals surface area contributed by atoms with E-state index < -0.39 is 23.2 Å². The Kier molecular flexibility index (Phi) is 5.60. The summed E-state index contributed by atoms with van der Waals surface area (Å²) in [5.41, 5.74) is 5.99. The number of aromatic carboxylic acids is 1. The molecule has 1 amide bonds. The molecule has 0 aliphatic rings. The summed E-state index contributed by atoms with van der Waals surface area (Å²) in [7, 11) is 0. The molecule has 0 saturated carbocycles. The van der Waals surface area contributed by atoms with Gasteiger partial charge in [-0.25, -0.2) is 9.18 Å². The molecule has 0 aliphatic carbocycles. The number of anilines is 1. The van der Waals surface area contributed by atoms with Crippen molar-refractivity contribution in [3.05, 3.63) is 65.1 Å². The van der Waals surface area contributed by atoms with Gasteiger partial charge in [-0.3, -0.25) is 9.78 Å². The number of ether oxygens (including phenoxy) is 1. The summed E-state index contributed by atoms with van der Waals surface area (Å²) in [5, 5.41) is 12.6. The zero-order valence-corrected chi connectivity index (χ0v) is 16.8. The fourth-order valence-electron chi connectivity index (χ4n) is 3.14. The maximum absolute atomic E-state index is 13.9. The summed E-state index contributed by atoms with van der Waals surface area (Å²) in [6.45, 7) is 5.06. The molecule has 0 unspecified atom stereocenters. The predicted octanol–water partition coefficient (Wildman–Crippen LogP) is 3.55. The number of halogens is 1. The number of nitrogens with two attached hydrogens (primary N) is 1. The number of carboxylic acids is 1. The Bertz CT molecular complexity index is 1140. The SMILES string of the molecule is Cc1nc2cccc(OCC(C)(C)NC(=O)c3ccccc3F)c2c(N)c1C(=O)O. The normalized spacial score (nSPS) is 11.3. The largest absolute Gasteiger partial charge is 0.490 e. The number of carbonyl (C=O) groups excluding carboxylic acids is 1. The number of rotatable bonds is 6. The van der Waals surface area contributed by atoms with E-state index in [9.17, 15) is 19.1 Å². The molecule has 3 aromatic rings. The number of carboxylic acid groups (broad SMARTS) is 1. The molecule has 0 atom stereocenters. The minimum Gasteiger partial charge on any atom is -0.490 e. The number of aryl methyl sites for hydroxylation is 1. The Labute approximate surface area is 172 Å². The summed E-state index contributed by atoms with van der Waals surface area (Å²) in [6, 6.07) is 10.8.